The van der Waals surface area contributed by atoms with Gasteiger partial charge in [0.15, 0.2) is 0 Å². The van der Waals surface area contributed by atoms with E-state index in [9.17, 15) is 9.59 Å². The SMILES string of the molecule is CC(C)C(NC(=O)Nc1ccc(Br)cc1)c1nccn1CC(=O)O. The van der Waals surface area contributed by atoms with Crippen LogP contribution in [0.5, 0.6) is 0 Å². The van der Waals surface area contributed by atoms with Crippen LogP contribution in [-0.4, -0.2) is 26.7 Å². The summed E-state index contributed by atoms with van der Waals surface area (Å²) >= 11 is 3.34. The summed E-state index contributed by atoms with van der Waals surface area (Å²) in [7, 11) is 0. The summed E-state index contributed by atoms with van der Waals surface area (Å²) in [5.41, 5.74) is 0.659. The monoisotopic (exact) mass is 394 g/mol. The maximum atomic E-state index is 12.3. The number of amides is 2. The Balaban J connectivity index is 2.11. The van der Waals surface area contributed by atoms with E-state index in [1.54, 1.807) is 18.3 Å². The van der Waals surface area contributed by atoms with Crippen molar-refractivity contribution in [2.45, 2.75) is 26.4 Å². The number of carboxylic acid groups (broad SMARTS) is 1. The Morgan fingerprint density at radius 3 is 2.54 bits per heavy atom. The molecule has 1 unspecified atom stereocenters. The van der Waals surface area contributed by atoms with Crippen LogP contribution in [0.2, 0.25) is 0 Å². The molecule has 7 nitrogen and oxygen atoms in total. The van der Waals surface area contributed by atoms with Crippen molar-refractivity contribution >= 4 is 33.6 Å². The molecule has 128 valence electrons. The number of anilines is 1. The fourth-order valence-corrected chi connectivity index (χ4v) is 2.51. The fraction of sp³-hybridized carbons (Fsp3) is 0.312. The van der Waals surface area contributed by atoms with Crippen LogP contribution in [-0.2, 0) is 11.3 Å². The van der Waals surface area contributed by atoms with Gasteiger partial charge in [0, 0.05) is 22.6 Å². The molecule has 8 heteroatoms. The van der Waals surface area contributed by atoms with Gasteiger partial charge < -0.3 is 20.3 Å². The molecule has 0 aliphatic carbocycles. The predicted octanol–water partition coefficient (Wildman–Crippen LogP) is 3.25. The quantitative estimate of drug-likeness (QED) is 0.700. The number of aliphatic carboxylic acids is 1. The number of urea groups is 1. The topological polar surface area (TPSA) is 96.3 Å². The van der Waals surface area contributed by atoms with Gasteiger partial charge in [-0.3, -0.25) is 4.79 Å². The zero-order chi connectivity index (χ0) is 17.7. The summed E-state index contributed by atoms with van der Waals surface area (Å²) in [5, 5.41) is 14.6. The number of nitrogens with one attached hydrogen (secondary N) is 2. The molecule has 0 spiro atoms. The minimum Gasteiger partial charge on any atom is -0.480 e. The molecule has 2 rings (SSSR count). The minimum atomic E-state index is -0.962. The maximum Gasteiger partial charge on any atom is 0.323 e. The number of halogens is 1. The highest BCUT2D eigenvalue weighted by Crippen LogP contribution is 2.21. The largest absolute Gasteiger partial charge is 0.480 e. The predicted molar refractivity (Wildman–Crippen MR) is 93.7 cm³/mol. The highest BCUT2D eigenvalue weighted by atomic mass is 79.9. The molecular formula is C16H19BrN4O3. The van der Waals surface area contributed by atoms with Crippen molar-refractivity contribution in [1.82, 2.24) is 14.9 Å². The Hall–Kier alpha value is -2.35. The summed E-state index contributed by atoms with van der Waals surface area (Å²) in [4.78, 5) is 27.4. The lowest BCUT2D eigenvalue weighted by Crippen LogP contribution is -2.37. The van der Waals surface area contributed by atoms with E-state index in [0.29, 0.717) is 11.5 Å². The highest BCUT2D eigenvalue weighted by molar-refractivity contribution is 9.10. The lowest BCUT2D eigenvalue weighted by Gasteiger charge is -2.23. The van der Waals surface area contributed by atoms with Gasteiger partial charge in [-0.15, -0.1) is 0 Å². The number of carbonyl (C=O) groups is 2. The maximum absolute atomic E-state index is 12.3. The van der Waals surface area contributed by atoms with Crippen molar-refractivity contribution in [1.29, 1.82) is 0 Å². The van der Waals surface area contributed by atoms with E-state index in [1.807, 2.05) is 26.0 Å². The first-order valence-corrected chi connectivity index (χ1v) is 8.22. The molecule has 0 aliphatic heterocycles. The molecule has 1 aromatic carbocycles. The molecule has 1 atom stereocenters. The van der Waals surface area contributed by atoms with Crippen molar-refractivity contribution in [3.63, 3.8) is 0 Å². The first kappa shape index (κ1) is 18.0. The van der Waals surface area contributed by atoms with E-state index in [-0.39, 0.29) is 18.5 Å². The third-order valence-electron chi connectivity index (χ3n) is 3.39. The molecule has 24 heavy (non-hydrogen) atoms. The van der Waals surface area contributed by atoms with Crippen LogP contribution < -0.4 is 10.6 Å². The first-order chi connectivity index (χ1) is 11.4. The molecule has 0 fully saturated rings. The normalized spacial score (nSPS) is 12.0. The summed E-state index contributed by atoms with van der Waals surface area (Å²) < 4.78 is 2.44. The van der Waals surface area contributed by atoms with Gasteiger partial charge in [-0.2, -0.15) is 0 Å². The number of rotatable bonds is 6. The second-order valence-electron chi connectivity index (χ2n) is 5.63. The Morgan fingerprint density at radius 2 is 1.96 bits per heavy atom. The van der Waals surface area contributed by atoms with Crippen LogP contribution in [0.1, 0.15) is 25.7 Å². The third-order valence-corrected chi connectivity index (χ3v) is 3.92. The number of carboxylic acids is 1. The summed E-state index contributed by atoms with van der Waals surface area (Å²) in [6.45, 7) is 3.67. The van der Waals surface area contributed by atoms with Gasteiger partial charge in [-0.05, 0) is 30.2 Å². The lowest BCUT2D eigenvalue weighted by molar-refractivity contribution is -0.137. The summed E-state index contributed by atoms with van der Waals surface area (Å²) in [6.07, 6.45) is 3.12. The third kappa shape index (κ3) is 4.82. The van der Waals surface area contributed by atoms with Crippen LogP contribution in [0.3, 0.4) is 0 Å². The average molecular weight is 395 g/mol. The van der Waals surface area contributed by atoms with E-state index in [4.69, 9.17) is 5.11 Å². The molecule has 3 N–H and O–H groups in total. The van der Waals surface area contributed by atoms with Crippen molar-refractivity contribution < 1.29 is 14.7 Å². The molecule has 0 aliphatic rings. The molecule has 0 radical (unpaired) electrons. The summed E-state index contributed by atoms with van der Waals surface area (Å²) in [5.74, 6) is -0.412. The van der Waals surface area contributed by atoms with Gasteiger partial charge in [-0.1, -0.05) is 29.8 Å². The zero-order valence-corrected chi connectivity index (χ0v) is 14.9. The number of nitrogens with zero attached hydrogens (tertiary/aromatic N) is 2. The van der Waals surface area contributed by atoms with Crippen molar-refractivity contribution in [3.8, 4) is 0 Å². The van der Waals surface area contributed by atoms with Crippen LogP contribution in [0.15, 0.2) is 41.1 Å². The van der Waals surface area contributed by atoms with E-state index in [2.05, 4.69) is 31.5 Å². The van der Waals surface area contributed by atoms with Crippen LogP contribution in [0.25, 0.3) is 0 Å². The van der Waals surface area contributed by atoms with Crippen LogP contribution in [0, 0.1) is 5.92 Å². The smallest absolute Gasteiger partial charge is 0.323 e. The molecule has 0 bridgehead atoms. The van der Waals surface area contributed by atoms with E-state index < -0.39 is 12.0 Å². The van der Waals surface area contributed by atoms with Gasteiger partial charge in [-0.25, -0.2) is 9.78 Å². The Morgan fingerprint density at radius 1 is 1.29 bits per heavy atom. The first-order valence-electron chi connectivity index (χ1n) is 7.42. The van der Waals surface area contributed by atoms with Crippen molar-refractivity contribution in [2.24, 2.45) is 5.92 Å². The average Bonchev–Trinajstić information content (AvgIpc) is 2.94. The van der Waals surface area contributed by atoms with Crippen LogP contribution in [0.4, 0.5) is 10.5 Å². The van der Waals surface area contributed by atoms with E-state index in [0.717, 1.165) is 4.47 Å². The lowest BCUT2D eigenvalue weighted by atomic mass is 10.0. The Kier molecular flexibility index (Phi) is 5.97. The Labute approximate surface area is 148 Å². The molecule has 2 amide bonds. The highest BCUT2D eigenvalue weighted by Gasteiger charge is 2.23. The molecule has 0 saturated carbocycles. The van der Waals surface area contributed by atoms with Gasteiger partial charge in [0.25, 0.3) is 0 Å². The second-order valence-corrected chi connectivity index (χ2v) is 6.55. The van der Waals surface area contributed by atoms with Crippen molar-refractivity contribution in [2.75, 3.05) is 5.32 Å². The van der Waals surface area contributed by atoms with E-state index >= 15 is 0 Å². The van der Waals surface area contributed by atoms with E-state index in [1.165, 1.54) is 10.8 Å². The number of benzene rings is 1. The number of carbonyl (C=O) groups excluding carboxylic acids is 1. The van der Waals surface area contributed by atoms with Gasteiger partial charge in [0.2, 0.25) is 0 Å². The number of aromatic nitrogens is 2. The standard InChI is InChI=1S/C16H19BrN4O3/c1-10(2)14(15-18-7-8-21(15)9-13(22)23)20-16(24)19-12-5-3-11(17)4-6-12/h3-8,10,14H,9H2,1-2H3,(H,22,23)(H2,19,20,24). The zero-order valence-electron chi connectivity index (χ0n) is 13.4. The number of hydrogen-bond donors (Lipinski definition) is 3. The van der Waals surface area contributed by atoms with Gasteiger partial charge in [0.05, 0.1) is 6.04 Å². The number of hydrogen-bond acceptors (Lipinski definition) is 3. The Bertz CT molecular complexity index is 712. The number of imidazole rings is 1. The fourth-order valence-electron chi connectivity index (χ4n) is 2.25. The second kappa shape index (κ2) is 7.96. The van der Waals surface area contributed by atoms with Gasteiger partial charge >= 0.3 is 12.0 Å². The molecule has 1 aromatic heterocycles. The molecule has 2 aromatic rings. The summed E-state index contributed by atoms with van der Waals surface area (Å²) in [6, 6.07) is 6.43. The minimum absolute atomic E-state index is 0.0376. The molecule has 0 saturated heterocycles. The molecule has 1 heterocycles. The van der Waals surface area contributed by atoms with Crippen LogP contribution >= 0.6 is 15.9 Å². The molecular weight excluding hydrogens is 376 g/mol. The van der Waals surface area contributed by atoms with Gasteiger partial charge in [0.1, 0.15) is 12.4 Å². The van der Waals surface area contributed by atoms with Crippen molar-refractivity contribution in [3.05, 3.63) is 47.0 Å².